The molecule has 1 atom stereocenters. The number of esters is 1. The fourth-order valence-electron chi connectivity index (χ4n) is 1.68. The van der Waals surface area contributed by atoms with E-state index in [2.05, 4.69) is 5.32 Å². The summed E-state index contributed by atoms with van der Waals surface area (Å²) in [7, 11) is 0. The fraction of sp³-hybridized carbons (Fsp3) is 0.286. The van der Waals surface area contributed by atoms with Gasteiger partial charge in [0.05, 0.1) is 12.3 Å². The number of benzene rings is 1. The predicted molar refractivity (Wildman–Crippen MR) is 70.8 cm³/mol. The molecule has 1 aromatic carbocycles. The van der Waals surface area contributed by atoms with Gasteiger partial charge in [0.25, 0.3) is 5.91 Å². The Hall–Kier alpha value is -2.30. The monoisotopic (exact) mass is 261 g/mol. The number of carbonyl (C=O) groups is 2. The third-order valence-corrected chi connectivity index (χ3v) is 2.63. The van der Waals surface area contributed by atoms with Crippen LogP contribution in [-0.2, 0) is 14.3 Å². The second kappa shape index (κ2) is 5.56. The van der Waals surface area contributed by atoms with Gasteiger partial charge in [-0.1, -0.05) is 6.07 Å². The van der Waals surface area contributed by atoms with Crippen LogP contribution in [0, 0.1) is 0 Å². The van der Waals surface area contributed by atoms with Gasteiger partial charge < -0.3 is 14.8 Å². The first-order valence-electron chi connectivity index (χ1n) is 6.06. The number of fused-ring (bicyclic) bond motifs is 1. The van der Waals surface area contributed by atoms with E-state index in [-0.39, 0.29) is 5.91 Å². The molecule has 1 heterocycles. The number of hydrogen-bond donors (Lipinski definition) is 1. The summed E-state index contributed by atoms with van der Waals surface area (Å²) in [6.45, 7) is 3.78. The maximum Gasteiger partial charge on any atom is 0.330 e. The van der Waals surface area contributed by atoms with Gasteiger partial charge in [0.2, 0.25) is 0 Å². The predicted octanol–water partition coefficient (Wildman–Crippen LogP) is 1.98. The Labute approximate surface area is 111 Å². The molecular weight excluding hydrogens is 246 g/mol. The molecule has 1 aliphatic rings. The molecule has 0 saturated heterocycles. The van der Waals surface area contributed by atoms with E-state index in [0.717, 1.165) is 5.56 Å². The Kier molecular flexibility index (Phi) is 3.85. The largest absolute Gasteiger partial charge is 0.479 e. The minimum Gasteiger partial charge on any atom is -0.479 e. The Morgan fingerprint density at radius 3 is 3.05 bits per heavy atom. The molecule has 0 spiro atoms. The van der Waals surface area contributed by atoms with Gasteiger partial charge in [-0.2, -0.15) is 0 Å². The van der Waals surface area contributed by atoms with E-state index in [1.54, 1.807) is 38.1 Å². The standard InChI is InChI=1S/C14H15NO4/c1-3-18-13(16)7-5-10-4-6-12-11(8-10)15-14(17)9(2)19-12/h4-9H,3H2,1-2H3,(H,15,17). The average molecular weight is 261 g/mol. The molecule has 1 unspecified atom stereocenters. The van der Waals surface area contributed by atoms with Crippen molar-refractivity contribution in [1.29, 1.82) is 0 Å². The van der Waals surface area contributed by atoms with Crippen LogP contribution >= 0.6 is 0 Å². The highest BCUT2D eigenvalue weighted by Gasteiger charge is 2.23. The molecule has 0 aromatic heterocycles. The number of ether oxygens (including phenoxy) is 2. The number of nitrogens with one attached hydrogen (secondary N) is 1. The first-order valence-corrected chi connectivity index (χ1v) is 6.06. The summed E-state index contributed by atoms with van der Waals surface area (Å²) in [4.78, 5) is 22.7. The number of anilines is 1. The fourth-order valence-corrected chi connectivity index (χ4v) is 1.68. The minimum absolute atomic E-state index is 0.181. The summed E-state index contributed by atoms with van der Waals surface area (Å²) >= 11 is 0. The normalized spacial score (nSPS) is 17.6. The maximum atomic E-state index is 11.5. The summed E-state index contributed by atoms with van der Waals surface area (Å²) in [6.07, 6.45) is 2.48. The van der Waals surface area contributed by atoms with E-state index >= 15 is 0 Å². The molecule has 0 radical (unpaired) electrons. The molecule has 1 amide bonds. The van der Waals surface area contributed by atoms with Crippen LogP contribution in [0.25, 0.3) is 6.08 Å². The van der Waals surface area contributed by atoms with Gasteiger partial charge >= 0.3 is 5.97 Å². The Balaban J connectivity index is 2.15. The van der Waals surface area contributed by atoms with Crippen molar-refractivity contribution in [2.75, 3.05) is 11.9 Å². The molecular formula is C14H15NO4. The maximum absolute atomic E-state index is 11.5. The van der Waals surface area contributed by atoms with Crippen LogP contribution in [0.3, 0.4) is 0 Å². The molecule has 5 heteroatoms. The molecule has 0 aliphatic carbocycles. The third kappa shape index (κ3) is 3.13. The smallest absolute Gasteiger partial charge is 0.330 e. The van der Waals surface area contributed by atoms with Crippen molar-refractivity contribution in [2.24, 2.45) is 0 Å². The van der Waals surface area contributed by atoms with Crippen LogP contribution in [0.5, 0.6) is 5.75 Å². The van der Waals surface area contributed by atoms with Crippen LogP contribution < -0.4 is 10.1 Å². The zero-order valence-corrected chi connectivity index (χ0v) is 10.8. The zero-order chi connectivity index (χ0) is 13.8. The Morgan fingerprint density at radius 2 is 2.32 bits per heavy atom. The zero-order valence-electron chi connectivity index (χ0n) is 10.8. The second-order valence-corrected chi connectivity index (χ2v) is 4.09. The van der Waals surface area contributed by atoms with Gasteiger partial charge in [0, 0.05) is 6.08 Å². The van der Waals surface area contributed by atoms with Crippen molar-refractivity contribution in [1.82, 2.24) is 0 Å². The topological polar surface area (TPSA) is 64.6 Å². The van der Waals surface area contributed by atoms with Crippen molar-refractivity contribution in [3.8, 4) is 5.75 Å². The molecule has 1 aliphatic heterocycles. The highest BCUT2D eigenvalue weighted by atomic mass is 16.5. The number of hydrogen-bond acceptors (Lipinski definition) is 4. The van der Waals surface area contributed by atoms with E-state index in [1.807, 2.05) is 0 Å². The average Bonchev–Trinajstić information content (AvgIpc) is 2.38. The van der Waals surface area contributed by atoms with Crippen molar-refractivity contribution >= 4 is 23.6 Å². The summed E-state index contributed by atoms with van der Waals surface area (Å²) in [5.41, 5.74) is 1.39. The summed E-state index contributed by atoms with van der Waals surface area (Å²) < 4.78 is 10.2. The van der Waals surface area contributed by atoms with Gasteiger partial charge in [-0.3, -0.25) is 4.79 Å². The third-order valence-electron chi connectivity index (χ3n) is 2.63. The van der Waals surface area contributed by atoms with Gasteiger partial charge in [-0.05, 0) is 37.6 Å². The summed E-state index contributed by atoms with van der Waals surface area (Å²) in [6, 6.07) is 5.31. The quantitative estimate of drug-likeness (QED) is 0.667. The van der Waals surface area contributed by atoms with E-state index in [1.165, 1.54) is 6.08 Å². The number of amides is 1. The Morgan fingerprint density at radius 1 is 1.53 bits per heavy atom. The number of carbonyl (C=O) groups excluding carboxylic acids is 2. The van der Waals surface area contributed by atoms with Gasteiger partial charge in [-0.15, -0.1) is 0 Å². The van der Waals surface area contributed by atoms with Crippen molar-refractivity contribution < 1.29 is 19.1 Å². The lowest BCUT2D eigenvalue weighted by Gasteiger charge is -2.23. The summed E-state index contributed by atoms with van der Waals surface area (Å²) in [5, 5.41) is 2.75. The van der Waals surface area contributed by atoms with E-state index in [0.29, 0.717) is 18.0 Å². The van der Waals surface area contributed by atoms with Crippen molar-refractivity contribution in [3.63, 3.8) is 0 Å². The van der Waals surface area contributed by atoms with Crippen LogP contribution in [0.2, 0.25) is 0 Å². The molecule has 2 rings (SSSR count). The van der Waals surface area contributed by atoms with Crippen LogP contribution in [0.15, 0.2) is 24.3 Å². The van der Waals surface area contributed by atoms with Crippen LogP contribution in [0.1, 0.15) is 19.4 Å². The minimum atomic E-state index is -0.492. The molecule has 0 saturated carbocycles. The number of rotatable bonds is 3. The molecule has 19 heavy (non-hydrogen) atoms. The highest BCUT2D eigenvalue weighted by molar-refractivity contribution is 5.98. The lowest BCUT2D eigenvalue weighted by molar-refractivity contribution is -0.137. The summed E-state index contributed by atoms with van der Waals surface area (Å²) in [5.74, 6) is 0.0496. The van der Waals surface area contributed by atoms with Gasteiger partial charge in [0.15, 0.2) is 6.10 Å². The molecule has 0 fully saturated rings. The molecule has 0 bridgehead atoms. The highest BCUT2D eigenvalue weighted by Crippen LogP contribution is 2.30. The van der Waals surface area contributed by atoms with E-state index in [4.69, 9.17) is 9.47 Å². The molecule has 5 nitrogen and oxygen atoms in total. The second-order valence-electron chi connectivity index (χ2n) is 4.09. The molecule has 100 valence electrons. The van der Waals surface area contributed by atoms with E-state index in [9.17, 15) is 9.59 Å². The van der Waals surface area contributed by atoms with Gasteiger partial charge in [0.1, 0.15) is 5.75 Å². The van der Waals surface area contributed by atoms with Crippen LogP contribution in [0.4, 0.5) is 5.69 Å². The Bertz CT molecular complexity index is 536. The van der Waals surface area contributed by atoms with Crippen LogP contribution in [-0.4, -0.2) is 24.6 Å². The molecule has 1 N–H and O–H groups in total. The van der Waals surface area contributed by atoms with E-state index < -0.39 is 12.1 Å². The SMILES string of the molecule is CCOC(=O)C=Cc1ccc2c(c1)NC(=O)C(C)O2. The molecule has 1 aromatic rings. The first-order chi connectivity index (χ1) is 9.10. The lowest BCUT2D eigenvalue weighted by Crippen LogP contribution is -2.34. The van der Waals surface area contributed by atoms with Crippen molar-refractivity contribution in [2.45, 2.75) is 20.0 Å². The lowest BCUT2D eigenvalue weighted by atomic mass is 10.1. The first kappa shape index (κ1) is 13.1. The van der Waals surface area contributed by atoms with Crippen molar-refractivity contribution in [3.05, 3.63) is 29.8 Å². The van der Waals surface area contributed by atoms with Gasteiger partial charge in [-0.25, -0.2) is 4.79 Å².